The maximum atomic E-state index is 13.3. The molecular formula is C21H23N3O4S. The van der Waals surface area contributed by atoms with Crippen molar-refractivity contribution in [3.8, 4) is 28.7 Å². The fraction of sp³-hybridized carbons (Fsp3) is 0.333. The molecule has 0 bridgehead atoms. The first-order chi connectivity index (χ1) is 14.0. The molecule has 0 N–H and O–H groups in total. The third kappa shape index (κ3) is 3.90. The average Bonchev–Trinajstić information content (AvgIpc) is 3.24. The summed E-state index contributed by atoms with van der Waals surface area (Å²) in [6.45, 7) is 3.16. The van der Waals surface area contributed by atoms with Gasteiger partial charge in [-0.15, -0.1) is 10.2 Å². The maximum absolute atomic E-state index is 13.3. The number of hydrogen-bond acceptors (Lipinski definition) is 6. The molecule has 0 unspecified atom stereocenters. The molecule has 0 radical (unpaired) electrons. The van der Waals surface area contributed by atoms with Gasteiger partial charge in [-0.25, -0.2) is 8.42 Å². The molecule has 1 aromatic heterocycles. The molecule has 0 aliphatic carbocycles. The van der Waals surface area contributed by atoms with Gasteiger partial charge < -0.3 is 9.15 Å². The fourth-order valence-corrected chi connectivity index (χ4v) is 5.06. The van der Waals surface area contributed by atoms with Crippen LogP contribution in [0.5, 0.6) is 5.75 Å². The lowest BCUT2D eigenvalue weighted by molar-refractivity contribution is 0.287. The van der Waals surface area contributed by atoms with Gasteiger partial charge >= 0.3 is 0 Å². The lowest BCUT2D eigenvalue weighted by atomic mass is 10.0. The molecule has 0 spiro atoms. The summed E-state index contributed by atoms with van der Waals surface area (Å²) in [7, 11) is -2.22. The number of hydrogen-bond donors (Lipinski definition) is 0. The Kier molecular flexibility index (Phi) is 5.38. The number of rotatable bonds is 5. The first-order valence-corrected chi connectivity index (χ1v) is 11.0. The van der Waals surface area contributed by atoms with Crippen LogP contribution in [0.2, 0.25) is 0 Å². The number of piperidine rings is 1. The highest BCUT2D eigenvalue weighted by Gasteiger charge is 2.31. The zero-order valence-electron chi connectivity index (χ0n) is 16.4. The topological polar surface area (TPSA) is 85.5 Å². The van der Waals surface area contributed by atoms with E-state index in [-0.39, 0.29) is 10.8 Å². The molecule has 0 amide bonds. The number of sulfonamides is 1. The molecule has 0 atom stereocenters. The minimum Gasteiger partial charge on any atom is -0.495 e. The van der Waals surface area contributed by atoms with E-state index in [0.29, 0.717) is 36.2 Å². The van der Waals surface area contributed by atoms with Gasteiger partial charge in [0.2, 0.25) is 21.8 Å². The molecule has 2 heterocycles. The molecule has 3 aromatic rings. The van der Waals surface area contributed by atoms with E-state index in [1.165, 1.54) is 11.4 Å². The maximum Gasteiger partial charge on any atom is 0.248 e. The Bertz CT molecular complexity index is 1090. The lowest BCUT2D eigenvalue weighted by Crippen LogP contribution is -2.38. The van der Waals surface area contributed by atoms with Gasteiger partial charge in [0.15, 0.2) is 0 Å². The third-order valence-electron chi connectivity index (χ3n) is 5.22. The van der Waals surface area contributed by atoms with Crippen LogP contribution in [-0.4, -0.2) is 43.1 Å². The third-order valence-corrected chi connectivity index (χ3v) is 7.14. The van der Waals surface area contributed by atoms with E-state index >= 15 is 0 Å². The summed E-state index contributed by atoms with van der Waals surface area (Å²) in [5, 5.41) is 8.19. The highest BCUT2D eigenvalue weighted by molar-refractivity contribution is 7.89. The summed E-state index contributed by atoms with van der Waals surface area (Å²) in [5.41, 5.74) is 1.33. The van der Waals surface area contributed by atoms with E-state index < -0.39 is 10.0 Å². The number of benzene rings is 2. The quantitative estimate of drug-likeness (QED) is 0.632. The summed E-state index contributed by atoms with van der Waals surface area (Å²) in [4.78, 5) is 0.117. The van der Waals surface area contributed by atoms with Gasteiger partial charge in [0.25, 0.3) is 0 Å². The Balaban J connectivity index is 1.70. The Morgan fingerprint density at radius 1 is 1.00 bits per heavy atom. The Morgan fingerprint density at radius 3 is 2.31 bits per heavy atom. The minimum absolute atomic E-state index is 0.117. The highest BCUT2D eigenvalue weighted by Crippen LogP contribution is 2.33. The van der Waals surface area contributed by atoms with Crippen LogP contribution in [0.4, 0.5) is 0 Å². The second-order valence-corrected chi connectivity index (χ2v) is 9.14. The van der Waals surface area contributed by atoms with E-state index in [2.05, 4.69) is 17.1 Å². The molecule has 8 heteroatoms. The van der Waals surface area contributed by atoms with Crippen LogP contribution in [-0.2, 0) is 10.0 Å². The Labute approximate surface area is 170 Å². The average molecular weight is 413 g/mol. The summed E-state index contributed by atoms with van der Waals surface area (Å²) in [6.07, 6.45) is 1.71. The van der Waals surface area contributed by atoms with Crippen molar-refractivity contribution in [3.05, 3.63) is 48.5 Å². The number of nitrogens with zero attached hydrogens (tertiary/aromatic N) is 3. The predicted octanol–water partition coefficient (Wildman–Crippen LogP) is 3.83. The van der Waals surface area contributed by atoms with Crippen molar-refractivity contribution in [2.75, 3.05) is 20.2 Å². The molecule has 4 rings (SSSR count). The zero-order valence-corrected chi connectivity index (χ0v) is 17.2. The van der Waals surface area contributed by atoms with Gasteiger partial charge in [0, 0.05) is 24.2 Å². The first kappa shape index (κ1) is 19.6. The fourth-order valence-electron chi connectivity index (χ4n) is 3.41. The van der Waals surface area contributed by atoms with Gasteiger partial charge in [-0.3, -0.25) is 0 Å². The Morgan fingerprint density at radius 2 is 1.66 bits per heavy atom. The molecule has 0 saturated carbocycles. The molecule has 1 fully saturated rings. The smallest absolute Gasteiger partial charge is 0.248 e. The van der Waals surface area contributed by atoms with Crippen LogP contribution in [0.15, 0.2) is 57.8 Å². The monoisotopic (exact) mass is 413 g/mol. The van der Waals surface area contributed by atoms with Crippen molar-refractivity contribution >= 4 is 10.0 Å². The molecule has 1 aliphatic heterocycles. The van der Waals surface area contributed by atoms with Crippen molar-refractivity contribution < 1.29 is 17.6 Å². The number of aromatic nitrogens is 2. The van der Waals surface area contributed by atoms with Crippen LogP contribution in [0, 0.1) is 5.92 Å². The van der Waals surface area contributed by atoms with Crippen molar-refractivity contribution in [2.45, 2.75) is 24.7 Å². The molecule has 2 aromatic carbocycles. The standard InChI is InChI=1S/C21H23N3O4S/c1-15-10-12-24(13-11-15)29(25,26)19-14-17(8-9-18(19)27-2)21-23-22-20(28-21)16-6-4-3-5-7-16/h3-9,14-15H,10-13H2,1-2H3. The van der Waals surface area contributed by atoms with Crippen LogP contribution in [0.1, 0.15) is 19.8 Å². The number of methoxy groups -OCH3 is 1. The molecular weight excluding hydrogens is 390 g/mol. The zero-order chi connectivity index (χ0) is 20.4. The molecule has 1 aliphatic rings. The van der Waals surface area contributed by atoms with Crippen molar-refractivity contribution in [1.82, 2.24) is 14.5 Å². The number of ether oxygens (including phenoxy) is 1. The van der Waals surface area contributed by atoms with Gasteiger partial charge in [-0.2, -0.15) is 4.31 Å². The van der Waals surface area contributed by atoms with Crippen LogP contribution in [0.3, 0.4) is 0 Å². The first-order valence-electron chi connectivity index (χ1n) is 9.56. The normalized spacial score (nSPS) is 16.1. The predicted molar refractivity (Wildman–Crippen MR) is 109 cm³/mol. The van der Waals surface area contributed by atoms with Crippen molar-refractivity contribution in [2.24, 2.45) is 5.92 Å². The molecule has 1 saturated heterocycles. The van der Waals surface area contributed by atoms with Crippen LogP contribution < -0.4 is 4.74 Å². The molecule has 152 valence electrons. The molecule has 7 nitrogen and oxygen atoms in total. The summed E-state index contributed by atoms with van der Waals surface area (Å²) < 4.78 is 39.2. The summed E-state index contributed by atoms with van der Waals surface area (Å²) >= 11 is 0. The summed E-state index contributed by atoms with van der Waals surface area (Å²) in [5.74, 6) is 1.47. The van der Waals surface area contributed by atoms with E-state index in [0.717, 1.165) is 18.4 Å². The largest absolute Gasteiger partial charge is 0.495 e. The van der Waals surface area contributed by atoms with Gasteiger partial charge in [-0.1, -0.05) is 25.1 Å². The second kappa shape index (κ2) is 7.96. The Hall–Kier alpha value is -2.71. The van der Waals surface area contributed by atoms with E-state index in [1.54, 1.807) is 18.2 Å². The van der Waals surface area contributed by atoms with Crippen LogP contribution in [0.25, 0.3) is 22.9 Å². The van der Waals surface area contributed by atoms with Gasteiger partial charge in [0.1, 0.15) is 10.6 Å². The SMILES string of the molecule is COc1ccc(-c2nnc(-c3ccccc3)o2)cc1S(=O)(=O)N1CCC(C)CC1. The summed E-state index contributed by atoms with van der Waals surface area (Å²) in [6, 6.07) is 14.3. The van der Waals surface area contributed by atoms with Gasteiger partial charge in [-0.05, 0) is 49.1 Å². The van der Waals surface area contributed by atoms with E-state index in [9.17, 15) is 8.42 Å². The highest BCUT2D eigenvalue weighted by atomic mass is 32.2. The molecule has 29 heavy (non-hydrogen) atoms. The van der Waals surface area contributed by atoms with E-state index in [4.69, 9.17) is 9.15 Å². The van der Waals surface area contributed by atoms with Crippen molar-refractivity contribution in [3.63, 3.8) is 0 Å². The van der Waals surface area contributed by atoms with Crippen LogP contribution >= 0.6 is 0 Å². The van der Waals surface area contributed by atoms with Gasteiger partial charge in [0.05, 0.1) is 7.11 Å². The second-order valence-electron chi connectivity index (χ2n) is 7.23. The van der Waals surface area contributed by atoms with Crippen molar-refractivity contribution in [1.29, 1.82) is 0 Å². The van der Waals surface area contributed by atoms with E-state index in [1.807, 2.05) is 30.3 Å². The lowest BCUT2D eigenvalue weighted by Gasteiger charge is -2.29. The minimum atomic E-state index is -3.69.